The van der Waals surface area contributed by atoms with Crippen LogP contribution in [-0.2, 0) is 4.79 Å². The average molecular weight is 310 g/mol. The lowest BCUT2D eigenvalue weighted by Crippen LogP contribution is -2.48. The van der Waals surface area contributed by atoms with E-state index < -0.39 is 0 Å². The van der Waals surface area contributed by atoms with Gasteiger partial charge >= 0.3 is 0 Å². The summed E-state index contributed by atoms with van der Waals surface area (Å²) in [7, 11) is 0. The zero-order valence-corrected chi connectivity index (χ0v) is 14.5. The molecule has 0 aromatic carbocycles. The summed E-state index contributed by atoms with van der Waals surface area (Å²) in [6.07, 6.45) is 1.98. The predicted molar refractivity (Wildman–Crippen MR) is 86.8 cm³/mol. The van der Waals surface area contributed by atoms with Crippen molar-refractivity contribution in [3.05, 3.63) is 5.82 Å². The van der Waals surface area contributed by atoms with E-state index in [9.17, 15) is 4.79 Å². The van der Waals surface area contributed by atoms with Crippen molar-refractivity contribution in [2.24, 2.45) is 5.92 Å². The van der Waals surface area contributed by atoms with E-state index >= 15 is 0 Å². The van der Waals surface area contributed by atoms with E-state index in [-0.39, 0.29) is 17.4 Å². The fourth-order valence-corrected chi connectivity index (χ4v) is 3.27. The number of carbonyl (C=O) groups is 1. The normalized spacial score (nSPS) is 19.9. The minimum atomic E-state index is -0.174. The van der Waals surface area contributed by atoms with Crippen molar-refractivity contribution in [3.63, 3.8) is 0 Å². The van der Waals surface area contributed by atoms with Crippen LogP contribution in [0.15, 0.2) is 0 Å². The van der Waals surface area contributed by atoms with Crippen LogP contribution in [0.4, 0.5) is 5.13 Å². The Hall–Kier alpha value is -1.17. The maximum atomic E-state index is 12.3. The van der Waals surface area contributed by atoms with Gasteiger partial charge in [0.05, 0.1) is 5.92 Å². The monoisotopic (exact) mass is 310 g/mol. The second-order valence-electron chi connectivity index (χ2n) is 7.11. The number of nitrogens with one attached hydrogen (secondary N) is 1. The zero-order chi connectivity index (χ0) is 15.6. The van der Waals surface area contributed by atoms with Crippen molar-refractivity contribution in [1.82, 2.24) is 14.7 Å². The van der Waals surface area contributed by atoms with Gasteiger partial charge in [-0.05, 0) is 33.6 Å². The molecule has 1 N–H and O–H groups in total. The van der Waals surface area contributed by atoms with Gasteiger partial charge in [-0.2, -0.15) is 4.37 Å². The molecule has 0 radical (unpaired) electrons. The third-order valence-electron chi connectivity index (χ3n) is 3.51. The maximum Gasteiger partial charge on any atom is 0.225 e. The van der Waals surface area contributed by atoms with Gasteiger partial charge in [0, 0.05) is 36.1 Å². The number of rotatable bonds is 3. The Bertz CT molecular complexity index is 492. The number of aromatic nitrogens is 2. The fraction of sp³-hybridized carbons (Fsp3) is 0.800. The van der Waals surface area contributed by atoms with Gasteiger partial charge in [0.15, 0.2) is 0 Å². The first-order chi connectivity index (χ1) is 9.76. The molecule has 1 amide bonds. The molecule has 1 aromatic rings. The van der Waals surface area contributed by atoms with Gasteiger partial charge in [0.1, 0.15) is 5.82 Å². The van der Waals surface area contributed by atoms with Crippen molar-refractivity contribution in [1.29, 1.82) is 0 Å². The van der Waals surface area contributed by atoms with Gasteiger partial charge in [0.2, 0.25) is 11.0 Å². The molecule has 2 rings (SSSR count). The summed E-state index contributed by atoms with van der Waals surface area (Å²) in [6, 6.07) is 0. The highest BCUT2D eigenvalue weighted by Gasteiger charge is 2.29. The van der Waals surface area contributed by atoms with E-state index in [0.717, 1.165) is 36.9 Å². The van der Waals surface area contributed by atoms with Gasteiger partial charge in [-0.1, -0.05) is 13.8 Å². The summed E-state index contributed by atoms with van der Waals surface area (Å²) in [6.45, 7) is 12.0. The average Bonchev–Trinajstić information content (AvgIpc) is 2.86. The van der Waals surface area contributed by atoms with Crippen molar-refractivity contribution in [2.45, 2.75) is 58.9 Å². The molecule has 1 aliphatic heterocycles. The summed E-state index contributed by atoms with van der Waals surface area (Å²) >= 11 is 1.44. The lowest BCUT2D eigenvalue weighted by atomic mass is 9.96. The van der Waals surface area contributed by atoms with Crippen LogP contribution in [-0.4, -0.2) is 33.9 Å². The van der Waals surface area contributed by atoms with Gasteiger partial charge < -0.3 is 10.2 Å². The van der Waals surface area contributed by atoms with Crippen LogP contribution in [0, 0.1) is 5.92 Å². The predicted octanol–water partition coefficient (Wildman–Crippen LogP) is 2.79. The molecule has 21 heavy (non-hydrogen) atoms. The Morgan fingerprint density at radius 3 is 2.71 bits per heavy atom. The van der Waals surface area contributed by atoms with E-state index in [0.29, 0.717) is 5.92 Å². The highest BCUT2D eigenvalue weighted by Crippen LogP contribution is 2.26. The van der Waals surface area contributed by atoms with Crippen LogP contribution < -0.4 is 10.2 Å². The second-order valence-corrected chi connectivity index (χ2v) is 7.84. The lowest BCUT2D eigenvalue weighted by Gasteiger charge is -2.33. The number of anilines is 1. The first-order valence-corrected chi connectivity index (χ1v) is 8.44. The Morgan fingerprint density at radius 2 is 2.14 bits per heavy atom. The summed E-state index contributed by atoms with van der Waals surface area (Å²) in [5, 5.41) is 4.04. The van der Waals surface area contributed by atoms with Crippen molar-refractivity contribution >= 4 is 22.6 Å². The Labute approximate surface area is 131 Å². The van der Waals surface area contributed by atoms with Crippen molar-refractivity contribution in [3.8, 4) is 0 Å². The molecule has 0 spiro atoms. The molecule has 1 unspecified atom stereocenters. The van der Waals surface area contributed by atoms with Crippen molar-refractivity contribution in [2.75, 3.05) is 18.0 Å². The molecule has 2 heterocycles. The first kappa shape index (κ1) is 16.2. The SMILES string of the molecule is CC(C)c1nsc(N2CCCC(C(=O)NC(C)(C)C)C2)n1. The number of hydrogen-bond acceptors (Lipinski definition) is 5. The summed E-state index contributed by atoms with van der Waals surface area (Å²) < 4.78 is 4.41. The lowest BCUT2D eigenvalue weighted by molar-refractivity contribution is -0.126. The summed E-state index contributed by atoms with van der Waals surface area (Å²) in [5.41, 5.74) is -0.174. The van der Waals surface area contributed by atoms with E-state index in [1.807, 2.05) is 20.8 Å². The third-order valence-corrected chi connectivity index (χ3v) is 4.30. The molecule has 1 aromatic heterocycles. The molecule has 1 saturated heterocycles. The van der Waals surface area contributed by atoms with Crippen LogP contribution in [0.25, 0.3) is 0 Å². The quantitative estimate of drug-likeness (QED) is 0.932. The number of piperidine rings is 1. The Morgan fingerprint density at radius 1 is 1.43 bits per heavy atom. The van der Waals surface area contributed by atoms with Crippen LogP contribution in [0.1, 0.15) is 59.2 Å². The molecular weight excluding hydrogens is 284 g/mol. The molecule has 5 nitrogen and oxygen atoms in total. The van der Waals surface area contributed by atoms with E-state index in [1.54, 1.807) is 0 Å². The van der Waals surface area contributed by atoms with E-state index in [2.05, 4.69) is 33.4 Å². The van der Waals surface area contributed by atoms with Crippen LogP contribution in [0.3, 0.4) is 0 Å². The summed E-state index contributed by atoms with van der Waals surface area (Å²) in [5.74, 6) is 1.45. The molecule has 1 aliphatic rings. The number of nitrogens with zero attached hydrogens (tertiary/aromatic N) is 3. The standard InChI is InChI=1S/C15H26N4OS/c1-10(2)12-16-14(21-18-12)19-8-6-7-11(9-19)13(20)17-15(3,4)5/h10-11H,6-9H2,1-5H3,(H,17,20). The van der Waals surface area contributed by atoms with Crippen LogP contribution in [0.2, 0.25) is 0 Å². The first-order valence-electron chi connectivity index (χ1n) is 7.67. The van der Waals surface area contributed by atoms with Crippen molar-refractivity contribution < 1.29 is 4.79 Å². The minimum absolute atomic E-state index is 0.0457. The molecule has 0 saturated carbocycles. The van der Waals surface area contributed by atoms with E-state index in [1.165, 1.54) is 11.5 Å². The number of carbonyl (C=O) groups excluding carboxylic acids is 1. The molecule has 0 aliphatic carbocycles. The number of amides is 1. The van der Waals surface area contributed by atoms with Crippen LogP contribution in [0.5, 0.6) is 0 Å². The van der Waals surface area contributed by atoms with Gasteiger partial charge in [0.25, 0.3) is 0 Å². The highest BCUT2D eigenvalue weighted by molar-refractivity contribution is 7.09. The smallest absolute Gasteiger partial charge is 0.225 e. The molecule has 0 bridgehead atoms. The van der Waals surface area contributed by atoms with E-state index in [4.69, 9.17) is 0 Å². The van der Waals surface area contributed by atoms with Gasteiger partial charge in [-0.25, -0.2) is 4.98 Å². The zero-order valence-electron chi connectivity index (χ0n) is 13.6. The number of hydrogen-bond donors (Lipinski definition) is 1. The molecule has 1 atom stereocenters. The fourth-order valence-electron chi connectivity index (χ4n) is 2.43. The topological polar surface area (TPSA) is 58.1 Å². The molecule has 1 fully saturated rings. The highest BCUT2D eigenvalue weighted by atomic mass is 32.1. The molecule has 118 valence electrons. The Balaban J connectivity index is 2.01. The third kappa shape index (κ3) is 4.40. The maximum absolute atomic E-state index is 12.3. The van der Waals surface area contributed by atoms with Crippen LogP contribution >= 0.6 is 11.5 Å². The second kappa shape index (κ2) is 6.30. The Kier molecular flexibility index (Phi) is 4.86. The largest absolute Gasteiger partial charge is 0.351 e. The minimum Gasteiger partial charge on any atom is -0.351 e. The van der Waals surface area contributed by atoms with Gasteiger partial charge in [-0.15, -0.1) is 0 Å². The molecular formula is C15H26N4OS. The van der Waals surface area contributed by atoms with Gasteiger partial charge in [-0.3, -0.25) is 4.79 Å². The molecule has 6 heteroatoms. The summed E-state index contributed by atoms with van der Waals surface area (Å²) in [4.78, 5) is 19.1.